The van der Waals surface area contributed by atoms with E-state index in [1.165, 1.54) is 13.0 Å². The molecule has 0 aromatic carbocycles. The van der Waals surface area contributed by atoms with Crippen molar-refractivity contribution < 1.29 is 9.52 Å². The van der Waals surface area contributed by atoms with E-state index >= 15 is 0 Å². The first kappa shape index (κ1) is 12.6. The summed E-state index contributed by atoms with van der Waals surface area (Å²) in [6.45, 7) is 8.81. The quantitative estimate of drug-likeness (QED) is 0.839. The Kier molecular flexibility index (Phi) is 4.59. The molecule has 4 nitrogen and oxygen atoms in total. The van der Waals surface area contributed by atoms with Gasteiger partial charge in [0, 0.05) is 26.2 Å². The van der Waals surface area contributed by atoms with Gasteiger partial charge in [-0.3, -0.25) is 4.90 Å². The fourth-order valence-corrected chi connectivity index (χ4v) is 2.30. The Bertz CT molecular complexity index is 330. The van der Waals surface area contributed by atoms with Crippen LogP contribution >= 0.6 is 0 Å². The predicted molar refractivity (Wildman–Crippen MR) is 66.6 cm³/mol. The van der Waals surface area contributed by atoms with E-state index in [0.29, 0.717) is 5.76 Å². The molecule has 96 valence electrons. The third-order valence-corrected chi connectivity index (χ3v) is 3.26. The van der Waals surface area contributed by atoms with Crippen molar-refractivity contribution in [1.29, 1.82) is 0 Å². The first-order valence-corrected chi connectivity index (χ1v) is 6.45. The molecule has 2 heterocycles. The molecule has 1 aliphatic rings. The molecule has 1 saturated heterocycles. The second kappa shape index (κ2) is 6.19. The van der Waals surface area contributed by atoms with Gasteiger partial charge in [0.15, 0.2) is 0 Å². The Balaban J connectivity index is 1.77. The Morgan fingerprint density at radius 2 is 1.76 bits per heavy atom. The Labute approximate surface area is 103 Å². The van der Waals surface area contributed by atoms with E-state index in [2.05, 4.69) is 16.7 Å². The average Bonchev–Trinajstić information content (AvgIpc) is 2.80. The Morgan fingerprint density at radius 3 is 2.35 bits per heavy atom. The van der Waals surface area contributed by atoms with Gasteiger partial charge in [-0.2, -0.15) is 0 Å². The van der Waals surface area contributed by atoms with Crippen LogP contribution in [0.25, 0.3) is 0 Å². The van der Waals surface area contributed by atoms with Crippen LogP contribution in [-0.4, -0.2) is 47.6 Å². The molecule has 0 atom stereocenters. The van der Waals surface area contributed by atoms with Gasteiger partial charge in [-0.15, -0.1) is 0 Å². The lowest BCUT2D eigenvalue weighted by molar-refractivity contribution is 0.119. The number of aliphatic hydroxyl groups is 1. The van der Waals surface area contributed by atoms with E-state index in [4.69, 9.17) is 9.52 Å². The van der Waals surface area contributed by atoms with Crippen molar-refractivity contribution in [1.82, 2.24) is 9.80 Å². The van der Waals surface area contributed by atoms with Crippen LogP contribution in [0.5, 0.6) is 0 Å². The van der Waals surface area contributed by atoms with Gasteiger partial charge in [0.2, 0.25) is 0 Å². The van der Waals surface area contributed by atoms with E-state index in [-0.39, 0.29) is 6.61 Å². The third-order valence-electron chi connectivity index (χ3n) is 3.26. The summed E-state index contributed by atoms with van der Waals surface area (Å²) in [5.74, 6) is 1.61. The van der Waals surface area contributed by atoms with Crippen molar-refractivity contribution in [3.8, 4) is 0 Å². The minimum Gasteiger partial charge on any atom is -0.462 e. The number of furan rings is 1. The number of rotatable bonds is 5. The van der Waals surface area contributed by atoms with Gasteiger partial charge in [-0.25, -0.2) is 0 Å². The van der Waals surface area contributed by atoms with Crippen LogP contribution < -0.4 is 0 Å². The van der Waals surface area contributed by atoms with Crippen LogP contribution in [0, 0.1) is 0 Å². The van der Waals surface area contributed by atoms with Crippen molar-refractivity contribution in [3.05, 3.63) is 23.7 Å². The second-order valence-electron chi connectivity index (χ2n) is 4.64. The maximum absolute atomic E-state index is 8.94. The highest BCUT2D eigenvalue weighted by Crippen LogP contribution is 2.12. The Hall–Kier alpha value is -0.840. The molecule has 4 heteroatoms. The first-order valence-electron chi connectivity index (χ1n) is 6.45. The van der Waals surface area contributed by atoms with Crippen molar-refractivity contribution in [2.45, 2.75) is 26.5 Å². The molecule has 1 fully saturated rings. The fourth-order valence-electron chi connectivity index (χ4n) is 2.30. The number of aliphatic hydroxyl groups excluding tert-OH is 1. The van der Waals surface area contributed by atoms with E-state index < -0.39 is 0 Å². The van der Waals surface area contributed by atoms with Crippen LogP contribution in [0.15, 0.2) is 16.5 Å². The first-order chi connectivity index (χ1) is 8.31. The molecule has 1 aromatic heterocycles. The van der Waals surface area contributed by atoms with Gasteiger partial charge in [0.25, 0.3) is 0 Å². The summed E-state index contributed by atoms with van der Waals surface area (Å²) in [6.07, 6.45) is 1.23. The highest BCUT2D eigenvalue weighted by atomic mass is 16.4. The van der Waals surface area contributed by atoms with E-state index in [1.807, 2.05) is 12.1 Å². The summed E-state index contributed by atoms with van der Waals surface area (Å²) >= 11 is 0. The molecule has 0 spiro atoms. The van der Waals surface area contributed by atoms with Crippen LogP contribution in [0.4, 0.5) is 0 Å². The second-order valence-corrected chi connectivity index (χ2v) is 4.64. The number of hydrogen-bond acceptors (Lipinski definition) is 4. The molecule has 0 amide bonds. The molecular weight excluding hydrogens is 216 g/mol. The molecule has 2 rings (SSSR count). The molecule has 1 aromatic rings. The summed E-state index contributed by atoms with van der Waals surface area (Å²) < 4.78 is 5.50. The van der Waals surface area contributed by atoms with Crippen molar-refractivity contribution in [2.75, 3.05) is 32.7 Å². The maximum atomic E-state index is 8.94. The zero-order valence-corrected chi connectivity index (χ0v) is 10.6. The van der Waals surface area contributed by atoms with Gasteiger partial charge in [0.1, 0.15) is 18.1 Å². The highest BCUT2D eigenvalue weighted by Gasteiger charge is 2.17. The normalized spacial score (nSPS) is 18.7. The average molecular weight is 238 g/mol. The fraction of sp³-hybridized carbons (Fsp3) is 0.692. The lowest BCUT2D eigenvalue weighted by Crippen LogP contribution is -2.45. The number of hydrogen-bond donors (Lipinski definition) is 1. The topological polar surface area (TPSA) is 39.9 Å². The molecule has 0 unspecified atom stereocenters. The van der Waals surface area contributed by atoms with Crippen LogP contribution in [-0.2, 0) is 13.2 Å². The molecule has 0 saturated carbocycles. The molecule has 0 aliphatic carbocycles. The zero-order chi connectivity index (χ0) is 12.1. The standard InChI is InChI=1S/C13H22N2O2/c1-2-5-14-6-8-15(9-7-14)10-12-3-4-13(11-16)17-12/h3-4,16H,2,5-11H2,1H3. The molecular formula is C13H22N2O2. The summed E-state index contributed by atoms with van der Waals surface area (Å²) in [7, 11) is 0. The number of nitrogens with zero attached hydrogens (tertiary/aromatic N) is 2. The third kappa shape index (κ3) is 3.56. The lowest BCUT2D eigenvalue weighted by atomic mass is 10.3. The summed E-state index contributed by atoms with van der Waals surface area (Å²) in [4.78, 5) is 4.92. The molecule has 1 aliphatic heterocycles. The van der Waals surface area contributed by atoms with Gasteiger partial charge in [-0.05, 0) is 25.1 Å². The minimum atomic E-state index is -0.00965. The smallest absolute Gasteiger partial charge is 0.129 e. The summed E-state index contributed by atoms with van der Waals surface area (Å²) in [5, 5.41) is 8.94. The van der Waals surface area contributed by atoms with E-state index in [9.17, 15) is 0 Å². The molecule has 1 N–H and O–H groups in total. The van der Waals surface area contributed by atoms with Gasteiger partial charge >= 0.3 is 0 Å². The van der Waals surface area contributed by atoms with Gasteiger partial charge in [0.05, 0.1) is 6.54 Å². The van der Waals surface area contributed by atoms with E-state index in [1.54, 1.807) is 0 Å². The van der Waals surface area contributed by atoms with Crippen LogP contribution in [0.2, 0.25) is 0 Å². The maximum Gasteiger partial charge on any atom is 0.129 e. The monoisotopic (exact) mass is 238 g/mol. The Morgan fingerprint density at radius 1 is 1.12 bits per heavy atom. The zero-order valence-electron chi connectivity index (χ0n) is 10.6. The summed E-state index contributed by atoms with van der Waals surface area (Å²) in [5.41, 5.74) is 0. The van der Waals surface area contributed by atoms with Gasteiger partial charge < -0.3 is 14.4 Å². The van der Waals surface area contributed by atoms with E-state index in [0.717, 1.165) is 38.5 Å². The van der Waals surface area contributed by atoms with Crippen molar-refractivity contribution in [2.24, 2.45) is 0 Å². The SMILES string of the molecule is CCCN1CCN(Cc2ccc(CO)o2)CC1. The highest BCUT2D eigenvalue weighted by molar-refractivity contribution is 5.06. The number of piperazine rings is 1. The lowest BCUT2D eigenvalue weighted by Gasteiger charge is -2.33. The predicted octanol–water partition coefficient (Wildman–Crippen LogP) is 1.30. The minimum absolute atomic E-state index is 0.00965. The molecule has 0 radical (unpaired) electrons. The van der Waals surface area contributed by atoms with Gasteiger partial charge in [-0.1, -0.05) is 6.92 Å². The molecule has 17 heavy (non-hydrogen) atoms. The largest absolute Gasteiger partial charge is 0.462 e. The molecule has 0 bridgehead atoms. The van der Waals surface area contributed by atoms with Crippen molar-refractivity contribution in [3.63, 3.8) is 0 Å². The van der Waals surface area contributed by atoms with Crippen molar-refractivity contribution >= 4 is 0 Å². The van der Waals surface area contributed by atoms with Crippen LogP contribution in [0.3, 0.4) is 0 Å². The van der Waals surface area contributed by atoms with Crippen LogP contribution in [0.1, 0.15) is 24.9 Å². The summed E-state index contributed by atoms with van der Waals surface area (Å²) in [6, 6.07) is 3.81.